The zero-order chi connectivity index (χ0) is 13.7. The van der Waals surface area contributed by atoms with Crippen LogP contribution in [0.1, 0.15) is 35.4 Å². The number of nitrogens with zero attached hydrogens (tertiary/aromatic N) is 2. The molecule has 0 spiro atoms. The summed E-state index contributed by atoms with van der Waals surface area (Å²) in [6, 6.07) is 6.75. The van der Waals surface area contributed by atoms with Crippen molar-refractivity contribution in [2.24, 2.45) is 0 Å². The first kappa shape index (κ1) is 13.5. The van der Waals surface area contributed by atoms with Gasteiger partial charge in [-0.05, 0) is 24.6 Å². The van der Waals surface area contributed by atoms with Crippen LogP contribution in [0.25, 0.3) is 0 Å². The minimum atomic E-state index is -0.218. The Morgan fingerprint density at radius 2 is 2.32 bits per heavy atom. The fraction of sp³-hybridized carbons (Fsp3) is 0.308. The third-order valence-corrected chi connectivity index (χ3v) is 2.70. The number of aryl methyl sites for hydroxylation is 1. The van der Waals surface area contributed by atoms with Crippen molar-refractivity contribution in [3.63, 3.8) is 0 Å². The number of carbonyl (C=O) groups is 1. The van der Waals surface area contributed by atoms with E-state index in [1.54, 1.807) is 24.3 Å². The number of benzene rings is 1. The number of amides is 1. The third-order valence-electron chi connectivity index (χ3n) is 2.47. The van der Waals surface area contributed by atoms with Gasteiger partial charge in [-0.3, -0.25) is 4.79 Å². The fourth-order valence-corrected chi connectivity index (χ4v) is 1.76. The van der Waals surface area contributed by atoms with Crippen molar-refractivity contribution < 1.29 is 9.32 Å². The molecule has 0 aliphatic carbocycles. The van der Waals surface area contributed by atoms with Crippen molar-refractivity contribution in [3.8, 4) is 0 Å². The lowest BCUT2D eigenvalue weighted by Crippen LogP contribution is -2.23. The normalized spacial score (nSPS) is 10.4. The van der Waals surface area contributed by atoms with Crippen molar-refractivity contribution in [3.05, 3.63) is 46.6 Å². The van der Waals surface area contributed by atoms with Crippen molar-refractivity contribution in [2.45, 2.75) is 26.3 Å². The summed E-state index contributed by atoms with van der Waals surface area (Å²) in [5.74, 6) is 0.845. The summed E-state index contributed by atoms with van der Waals surface area (Å²) in [6.07, 6.45) is 1.69. The molecule has 0 saturated heterocycles. The van der Waals surface area contributed by atoms with E-state index >= 15 is 0 Å². The van der Waals surface area contributed by atoms with Crippen LogP contribution in [0.15, 0.2) is 28.8 Å². The molecule has 0 fully saturated rings. The van der Waals surface area contributed by atoms with Crippen LogP contribution in [0.2, 0.25) is 5.02 Å². The molecule has 2 aromatic rings. The number of halogens is 1. The molecule has 0 saturated carbocycles. The summed E-state index contributed by atoms with van der Waals surface area (Å²) >= 11 is 5.82. The van der Waals surface area contributed by atoms with E-state index in [0.717, 1.165) is 12.8 Å². The Balaban J connectivity index is 1.92. The van der Waals surface area contributed by atoms with Crippen LogP contribution in [0, 0.1) is 0 Å². The van der Waals surface area contributed by atoms with Gasteiger partial charge in [0.1, 0.15) is 0 Å². The maximum absolute atomic E-state index is 11.8. The molecule has 1 aromatic heterocycles. The SMILES string of the molecule is CCCc1nc(CNC(=O)c2cccc(Cl)c2)no1. The minimum absolute atomic E-state index is 0.218. The van der Waals surface area contributed by atoms with E-state index in [1.807, 2.05) is 6.92 Å². The molecule has 5 nitrogen and oxygen atoms in total. The first-order valence-corrected chi connectivity index (χ1v) is 6.42. The second kappa shape index (κ2) is 6.33. The lowest BCUT2D eigenvalue weighted by molar-refractivity contribution is 0.0949. The van der Waals surface area contributed by atoms with Gasteiger partial charge in [-0.1, -0.05) is 29.7 Å². The molecule has 0 aliphatic rings. The summed E-state index contributed by atoms with van der Waals surface area (Å²) in [5.41, 5.74) is 0.504. The molecule has 0 atom stereocenters. The van der Waals surface area contributed by atoms with E-state index in [0.29, 0.717) is 22.3 Å². The van der Waals surface area contributed by atoms with Crippen molar-refractivity contribution in [2.75, 3.05) is 0 Å². The van der Waals surface area contributed by atoms with Gasteiger partial charge in [-0.15, -0.1) is 0 Å². The average Bonchev–Trinajstić information content (AvgIpc) is 2.84. The van der Waals surface area contributed by atoms with E-state index in [2.05, 4.69) is 15.5 Å². The predicted octanol–water partition coefficient (Wildman–Crippen LogP) is 2.61. The van der Waals surface area contributed by atoms with Gasteiger partial charge in [0.15, 0.2) is 5.82 Å². The summed E-state index contributed by atoms with van der Waals surface area (Å²) < 4.78 is 5.03. The quantitative estimate of drug-likeness (QED) is 0.913. The van der Waals surface area contributed by atoms with Crippen molar-refractivity contribution >= 4 is 17.5 Å². The molecular weight excluding hydrogens is 266 g/mol. The molecule has 1 N–H and O–H groups in total. The van der Waals surface area contributed by atoms with Gasteiger partial charge >= 0.3 is 0 Å². The highest BCUT2D eigenvalue weighted by Crippen LogP contribution is 2.10. The van der Waals surface area contributed by atoms with Gasteiger partial charge < -0.3 is 9.84 Å². The molecule has 1 amide bonds. The van der Waals surface area contributed by atoms with Crippen LogP contribution in [0.4, 0.5) is 0 Å². The van der Waals surface area contributed by atoms with Gasteiger partial charge in [0.25, 0.3) is 5.91 Å². The van der Waals surface area contributed by atoms with Crippen LogP contribution >= 0.6 is 11.6 Å². The number of nitrogens with one attached hydrogen (secondary N) is 1. The van der Waals surface area contributed by atoms with Crippen LogP contribution in [-0.4, -0.2) is 16.0 Å². The highest BCUT2D eigenvalue weighted by Gasteiger charge is 2.09. The summed E-state index contributed by atoms with van der Waals surface area (Å²) in [6.45, 7) is 2.27. The van der Waals surface area contributed by atoms with E-state index < -0.39 is 0 Å². The minimum Gasteiger partial charge on any atom is -0.345 e. The Labute approximate surface area is 116 Å². The fourth-order valence-electron chi connectivity index (χ4n) is 1.57. The molecule has 0 aliphatic heterocycles. The van der Waals surface area contributed by atoms with E-state index in [9.17, 15) is 4.79 Å². The number of hydrogen-bond acceptors (Lipinski definition) is 4. The summed E-state index contributed by atoms with van der Waals surface area (Å²) in [5, 5.41) is 7.03. The molecule has 1 heterocycles. The van der Waals surface area contributed by atoms with Crippen LogP contribution in [0.5, 0.6) is 0 Å². The molecular formula is C13H14ClN3O2. The lowest BCUT2D eigenvalue weighted by Gasteiger charge is -2.02. The first-order valence-electron chi connectivity index (χ1n) is 6.04. The summed E-state index contributed by atoms with van der Waals surface area (Å²) in [4.78, 5) is 16.0. The van der Waals surface area contributed by atoms with E-state index in [-0.39, 0.29) is 12.5 Å². The highest BCUT2D eigenvalue weighted by atomic mass is 35.5. The second-order valence-corrected chi connectivity index (χ2v) is 4.48. The molecule has 2 rings (SSSR count). The van der Waals surface area contributed by atoms with Gasteiger partial charge in [0.2, 0.25) is 5.89 Å². The second-order valence-electron chi connectivity index (χ2n) is 4.05. The zero-order valence-electron chi connectivity index (χ0n) is 10.5. The maximum atomic E-state index is 11.8. The largest absolute Gasteiger partial charge is 0.345 e. The molecule has 0 unspecified atom stereocenters. The molecule has 0 radical (unpaired) electrons. The van der Waals surface area contributed by atoms with Gasteiger partial charge in [-0.2, -0.15) is 4.98 Å². The molecule has 6 heteroatoms. The lowest BCUT2D eigenvalue weighted by atomic mass is 10.2. The molecule has 19 heavy (non-hydrogen) atoms. The Morgan fingerprint density at radius 3 is 3.05 bits per heavy atom. The Kier molecular flexibility index (Phi) is 4.52. The molecule has 100 valence electrons. The number of hydrogen-bond donors (Lipinski definition) is 1. The van der Waals surface area contributed by atoms with E-state index in [4.69, 9.17) is 16.1 Å². The maximum Gasteiger partial charge on any atom is 0.251 e. The first-order chi connectivity index (χ1) is 9.19. The standard InChI is InChI=1S/C13H14ClN3O2/c1-2-4-12-16-11(17-19-12)8-15-13(18)9-5-3-6-10(14)7-9/h3,5-7H,2,4,8H2,1H3,(H,15,18). The van der Waals surface area contributed by atoms with Crippen LogP contribution < -0.4 is 5.32 Å². The average molecular weight is 280 g/mol. The number of aromatic nitrogens is 2. The summed E-state index contributed by atoms with van der Waals surface area (Å²) in [7, 11) is 0. The van der Waals surface area contributed by atoms with E-state index in [1.165, 1.54) is 0 Å². The zero-order valence-corrected chi connectivity index (χ0v) is 11.3. The Morgan fingerprint density at radius 1 is 1.47 bits per heavy atom. The Hall–Kier alpha value is -1.88. The highest BCUT2D eigenvalue weighted by molar-refractivity contribution is 6.30. The smallest absolute Gasteiger partial charge is 0.251 e. The van der Waals surface area contributed by atoms with Crippen LogP contribution in [-0.2, 0) is 13.0 Å². The molecule has 0 bridgehead atoms. The van der Waals surface area contributed by atoms with Crippen LogP contribution in [0.3, 0.4) is 0 Å². The monoisotopic (exact) mass is 279 g/mol. The van der Waals surface area contributed by atoms with Crippen molar-refractivity contribution in [1.82, 2.24) is 15.5 Å². The number of rotatable bonds is 5. The van der Waals surface area contributed by atoms with Gasteiger partial charge in [0, 0.05) is 17.0 Å². The van der Waals surface area contributed by atoms with Crippen molar-refractivity contribution in [1.29, 1.82) is 0 Å². The third kappa shape index (κ3) is 3.79. The van der Waals surface area contributed by atoms with Gasteiger partial charge in [0.05, 0.1) is 6.54 Å². The number of carbonyl (C=O) groups excluding carboxylic acids is 1. The predicted molar refractivity (Wildman–Crippen MR) is 70.9 cm³/mol. The Bertz CT molecular complexity index is 569. The topological polar surface area (TPSA) is 68.0 Å². The van der Waals surface area contributed by atoms with Gasteiger partial charge in [-0.25, -0.2) is 0 Å². The molecule has 1 aromatic carbocycles.